The lowest BCUT2D eigenvalue weighted by Gasteiger charge is -2.28. The minimum absolute atomic E-state index is 0.225. The Bertz CT molecular complexity index is 521. The smallest absolute Gasteiger partial charge is 0.325 e. The first-order valence-electron chi connectivity index (χ1n) is 8.81. The Morgan fingerprint density at radius 3 is 1.69 bits per heavy atom. The molecule has 9 heteroatoms. The molecule has 0 fully saturated rings. The van der Waals surface area contributed by atoms with Crippen molar-refractivity contribution in [3.8, 4) is 0 Å². The summed E-state index contributed by atoms with van der Waals surface area (Å²) < 4.78 is 0. The third-order valence-corrected chi connectivity index (χ3v) is 4.18. The summed E-state index contributed by atoms with van der Waals surface area (Å²) in [7, 11) is 0. The van der Waals surface area contributed by atoms with Gasteiger partial charge in [0.15, 0.2) is 0 Å². The Morgan fingerprint density at radius 1 is 0.846 bits per heavy atom. The molecule has 0 rings (SSSR count). The zero-order valence-corrected chi connectivity index (χ0v) is 16.3. The maximum Gasteiger partial charge on any atom is 0.325 e. The van der Waals surface area contributed by atoms with Crippen LogP contribution in [0.2, 0.25) is 0 Å². The molecule has 3 amide bonds. The lowest BCUT2D eigenvalue weighted by molar-refractivity contribution is -0.142. The molecule has 0 saturated heterocycles. The van der Waals surface area contributed by atoms with E-state index in [2.05, 4.69) is 16.0 Å². The van der Waals surface area contributed by atoms with Crippen molar-refractivity contribution in [1.29, 1.82) is 0 Å². The molecule has 0 bridgehead atoms. The first-order valence-corrected chi connectivity index (χ1v) is 8.81. The number of hydrogen-bond donors (Lipinski definition) is 5. The van der Waals surface area contributed by atoms with Gasteiger partial charge in [0.2, 0.25) is 17.7 Å². The Hall–Kier alpha value is -2.16. The molecule has 0 aromatic carbocycles. The lowest BCUT2D eigenvalue weighted by Crippen LogP contribution is -2.59. The zero-order valence-electron chi connectivity index (χ0n) is 16.3. The van der Waals surface area contributed by atoms with Crippen molar-refractivity contribution in [2.75, 3.05) is 0 Å². The van der Waals surface area contributed by atoms with E-state index in [0.29, 0.717) is 6.42 Å². The van der Waals surface area contributed by atoms with Crippen LogP contribution in [0.3, 0.4) is 0 Å². The second kappa shape index (κ2) is 10.7. The van der Waals surface area contributed by atoms with Gasteiger partial charge in [0, 0.05) is 0 Å². The van der Waals surface area contributed by atoms with E-state index in [1.807, 2.05) is 6.92 Å². The van der Waals surface area contributed by atoms with E-state index in [1.54, 1.807) is 20.8 Å². The first kappa shape index (κ1) is 23.8. The van der Waals surface area contributed by atoms with E-state index in [4.69, 9.17) is 10.8 Å². The van der Waals surface area contributed by atoms with Crippen LogP contribution in [-0.4, -0.2) is 53.0 Å². The van der Waals surface area contributed by atoms with Crippen LogP contribution >= 0.6 is 0 Å². The number of nitrogens with one attached hydrogen (secondary N) is 3. The molecular formula is C17H32N4O5. The second-order valence-corrected chi connectivity index (χ2v) is 6.96. The monoisotopic (exact) mass is 372 g/mol. The zero-order chi connectivity index (χ0) is 20.6. The molecule has 26 heavy (non-hydrogen) atoms. The molecule has 0 spiro atoms. The van der Waals surface area contributed by atoms with Crippen molar-refractivity contribution in [2.24, 2.45) is 17.6 Å². The van der Waals surface area contributed by atoms with Gasteiger partial charge in [0.05, 0.1) is 6.04 Å². The molecule has 0 aliphatic carbocycles. The van der Waals surface area contributed by atoms with Crippen molar-refractivity contribution < 1.29 is 24.3 Å². The van der Waals surface area contributed by atoms with Gasteiger partial charge in [0.1, 0.15) is 18.1 Å². The van der Waals surface area contributed by atoms with Crippen LogP contribution in [0.5, 0.6) is 0 Å². The number of amides is 3. The minimum Gasteiger partial charge on any atom is -0.480 e. The van der Waals surface area contributed by atoms with Crippen molar-refractivity contribution in [1.82, 2.24) is 16.0 Å². The molecule has 0 aromatic rings. The summed E-state index contributed by atoms with van der Waals surface area (Å²) in [6, 6.07) is -3.62. The Morgan fingerprint density at radius 2 is 1.31 bits per heavy atom. The van der Waals surface area contributed by atoms with E-state index in [1.165, 1.54) is 13.8 Å². The van der Waals surface area contributed by atoms with Gasteiger partial charge in [-0.2, -0.15) is 0 Å². The fraction of sp³-hybridized carbons (Fsp3) is 0.765. The predicted octanol–water partition coefficient (Wildman–Crippen LogP) is -0.405. The highest BCUT2D eigenvalue weighted by Gasteiger charge is 2.32. The predicted molar refractivity (Wildman–Crippen MR) is 97.0 cm³/mol. The third-order valence-electron chi connectivity index (χ3n) is 4.18. The summed E-state index contributed by atoms with van der Waals surface area (Å²) in [5, 5.41) is 16.5. The molecule has 0 heterocycles. The molecule has 0 saturated carbocycles. The number of carboxylic acids is 1. The maximum atomic E-state index is 12.6. The molecule has 150 valence electrons. The number of carboxylic acid groups (broad SMARTS) is 1. The van der Waals surface area contributed by atoms with Crippen LogP contribution in [-0.2, 0) is 19.2 Å². The van der Waals surface area contributed by atoms with Crippen LogP contribution in [0.1, 0.15) is 48.0 Å². The summed E-state index contributed by atoms with van der Waals surface area (Å²) in [5.74, 6) is -3.19. The standard InChI is InChI=1S/C17H32N4O5/c1-7-9(4)13(16(24)19-11(6)17(25)26)21-15(23)12(8(2)3)20-14(22)10(5)18/h8-13H,7,18H2,1-6H3,(H,19,24)(H,20,22)(H,21,23)(H,25,26)/t9-,10-,11-,12-,13-/m0/s1. The van der Waals surface area contributed by atoms with Crippen LogP contribution < -0.4 is 21.7 Å². The average molecular weight is 372 g/mol. The number of nitrogens with two attached hydrogens (primary N) is 1. The van der Waals surface area contributed by atoms with Gasteiger partial charge >= 0.3 is 5.97 Å². The van der Waals surface area contributed by atoms with E-state index in [-0.39, 0.29) is 11.8 Å². The van der Waals surface area contributed by atoms with Crippen molar-refractivity contribution >= 4 is 23.7 Å². The molecule has 0 aliphatic heterocycles. The highest BCUT2D eigenvalue weighted by atomic mass is 16.4. The summed E-state index contributed by atoms with van der Waals surface area (Å²) in [6.07, 6.45) is 0.596. The number of carbonyl (C=O) groups excluding carboxylic acids is 3. The fourth-order valence-electron chi connectivity index (χ4n) is 2.13. The summed E-state index contributed by atoms with van der Waals surface area (Å²) >= 11 is 0. The average Bonchev–Trinajstić information content (AvgIpc) is 2.55. The Kier molecular flexibility index (Phi) is 9.85. The first-order chi connectivity index (χ1) is 11.9. The molecule has 0 aliphatic rings. The molecule has 0 radical (unpaired) electrons. The van der Waals surface area contributed by atoms with Crippen molar-refractivity contribution in [2.45, 2.75) is 72.1 Å². The van der Waals surface area contributed by atoms with Gasteiger partial charge in [-0.25, -0.2) is 0 Å². The molecular weight excluding hydrogens is 340 g/mol. The van der Waals surface area contributed by atoms with Crippen LogP contribution in [0.4, 0.5) is 0 Å². The van der Waals surface area contributed by atoms with Crippen molar-refractivity contribution in [3.05, 3.63) is 0 Å². The van der Waals surface area contributed by atoms with Gasteiger partial charge in [-0.05, 0) is 25.7 Å². The SMILES string of the molecule is CC[C@H](C)[C@H](NC(=O)[C@@H](NC(=O)[C@H](C)N)C(C)C)C(=O)N[C@@H](C)C(=O)O. The summed E-state index contributed by atoms with van der Waals surface area (Å²) in [6.45, 7) is 10.0. The molecule has 6 N–H and O–H groups in total. The topological polar surface area (TPSA) is 151 Å². The van der Waals surface area contributed by atoms with Gasteiger partial charge in [0.25, 0.3) is 0 Å². The fourth-order valence-corrected chi connectivity index (χ4v) is 2.13. The molecule has 9 nitrogen and oxygen atoms in total. The van der Waals surface area contributed by atoms with E-state index < -0.39 is 47.9 Å². The van der Waals surface area contributed by atoms with Gasteiger partial charge < -0.3 is 26.8 Å². The van der Waals surface area contributed by atoms with Gasteiger partial charge in [-0.15, -0.1) is 0 Å². The summed E-state index contributed by atoms with van der Waals surface area (Å²) in [5.41, 5.74) is 5.52. The third kappa shape index (κ3) is 7.38. The largest absolute Gasteiger partial charge is 0.480 e. The van der Waals surface area contributed by atoms with Crippen LogP contribution in [0.25, 0.3) is 0 Å². The Labute approximate surface area is 154 Å². The quantitative estimate of drug-likeness (QED) is 0.352. The van der Waals surface area contributed by atoms with Crippen LogP contribution in [0.15, 0.2) is 0 Å². The highest BCUT2D eigenvalue weighted by Crippen LogP contribution is 2.10. The van der Waals surface area contributed by atoms with Crippen molar-refractivity contribution in [3.63, 3.8) is 0 Å². The molecule has 0 aromatic heterocycles. The maximum absolute atomic E-state index is 12.6. The van der Waals surface area contributed by atoms with E-state index >= 15 is 0 Å². The number of rotatable bonds is 10. The number of hydrogen-bond acceptors (Lipinski definition) is 5. The highest BCUT2D eigenvalue weighted by molar-refractivity contribution is 5.94. The van der Waals surface area contributed by atoms with E-state index in [0.717, 1.165) is 0 Å². The van der Waals surface area contributed by atoms with E-state index in [9.17, 15) is 19.2 Å². The van der Waals surface area contributed by atoms with Gasteiger partial charge in [-0.3, -0.25) is 19.2 Å². The second-order valence-electron chi connectivity index (χ2n) is 6.96. The van der Waals surface area contributed by atoms with Crippen LogP contribution in [0, 0.1) is 11.8 Å². The number of carbonyl (C=O) groups is 4. The minimum atomic E-state index is -1.17. The summed E-state index contributed by atoms with van der Waals surface area (Å²) in [4.78, 5) is 47.8. The Balaban J connectivity index is 5.28. The molecule has 5 atom stereocenters. The molecule has 0 unspecified atom stereocenters. The normalized spacial score (nSPS) is 16.8. The van der Waals surface area contributed by atoms with Gasteiger partial charge in [-0.1, -0.05) is 34.1 Å². The lowest BCUT2D eigenvalue weighted by atomic mass is 9.96. The number of aliphatic carboxylic acids is 1.